The van der Waals surface area contributed by atoms with Crippen LogP contribution >= 0.6 is 23.2 Å². The van der Waals surface area contributed by atoms with Crippen LogP contribution in [0.25, 0.3) is 0 Å². The first-order valence-corrected chi connectivity index (χ1v) is 7.67. The van der Waals surface area contributed by atoms with Gasteiger partial charge in [0, 0.05) is 5.02 Å². The number of hydrogen-bond acceptors (Lipinski definition) is 4. The van der Waals surface area contributed by atoms with Crippen LogP contribution in [0.3, 0.4) is 0 Å². The van der Waals surface area contributed by atoms with Crippen molar-refractivity contribution in [3.05, 3.63) is 33.8 Å². The molecule has 0 aliphatic carbocycles. The third-order valence-electron chi connectivity index (χ3n) is 2.83. The summed E-state index contributed by atoms with van der Waals surface area (Å²) in [6.45, 7) is 3.23. The first kappa shape index (κ1) is 19.3. The summed E-state index contributed by atoms with van der Waals surface area (Å²) in [5, 5.41) is 3.12. The monoisotopic (exact) mass is 360 g/mol. The van der Waals surface area contributed by atoms with Gasteiger partial charge in [-0.15, -0.1) is 0 Å². The molecule has 0 saturated carbocycles. The Balaban J connectivity index is 2.85. The standard InChI is InChI=1S/C15H18Cl2N2O4/c1-8(2)5-12(15(22)23-7-13(18)20)19-14(21)10-4-3-9(16)6-11(10)17/h3-4,6,8,12H,5,7H2,1-2H3,(H2,18,20)(H,19,21)/t12-/m0/s1. The number of amides is 2. The Morgan fingerprint density at radius 1 is 1.26 bits per heavy atom. The summed E-state index contributed by atoms with van der Waals surface area (Å²) in [6.07, 6.45) is 0.342. The number of hydrogen-bond donors (Lipinski definition) is 2. The highest BCUT2D eigenvalue weighted by Crippen LogP contribution is 2.21. The summed E-state index contributed by atoms with van der Waals surface area (Å²) in [6, 6.07) is 3.50. The topological polar surface area (TPSA) is 98.5 Å². The smallest absolute Gasteiger partial charge is 0.329 e. The van der Waals surface area contributed by atoms with Gasteiger partial charge in [-0.3, -0.25) is 9.59 Å². The van der Waals surface area contributed by atoms with Crippen molar-refractivity contribution < 1.29 is 19.1 Å². The fourth-order valence-corrected chi connectivity index (χ4v) is 2.33. The van der Waals surface area contributed by atoms with E-state index < -0.39 is 30.4 Å². The second-order valence-electron chi connectivity index (χ2n) is 5.35. The lowest BCUT2D eigenvalue weighted by Gasteiger charge is -2.19. The van der Waals surface area contributed by atoms with Crippen LogP contribution in [0, 0.1) is 5.92 Å². The zero-order valence-corrected chi connectivity index (χ0v) is 14.3. The van der Waals surface area contributed by atoms with E-state index in [1.807, 2.05) is 13.8 Å². The predicted octanol–water partition coefficient (Wildman–Crippen LogP) is 2.17. The summed E-state index contributed by atoms with van der Waals surface area (Å²) in [4.78, 5) is 35.0. The number of esters is 1. The van der Waals surface area contributed by atoms with Crippen LogP contribution in [0.1, 0.15) is 30.6 Å². The van der Waals surface area contributed by atoms with Crippen molar-refractivity contribution in [1.29, 1.82) is 0 Å². The van der Waals surface area contributed by atoms with E-state index in [1.54, 1.807) is 0 Å². The molecule has 0 spiro atoms. The molecule has 1 aromatic carbocycles. The molecule has 23 heavy (non-hydrogen) atoms. The molecule has 3 N–H and O–H groups in total. The number of carbonyl (C=O) groups is 3. The van der Waals surface area contributed by atoms with Gasteiger partial charge < -0.3 is 15.8 Å². The van der Waals surface area contributed by atoms with Crippen LogP contribution in [0.2, 0.25) is 10.0 Å². The van der Waals surface area contributed by atoms with Gasteiger partial charge in [0.15, 0.2) is 6.61 Å². The van der Waals surface area contributed by atoms with Gasteiger partial charge in [-0.2, -0.15) is 0 Å². The average molecular weight is 361 g/mol. The second kappa shape index (κ2) is 8.74. The van der Waals surface area contributed by atoms with Gasteiger partial charge in [-0.05, 0) is 30.5 Å². The maximum atomic E-state index is 12.3. The number of nitrogens with one attached hydrogen (secondary N) is 1. The van der Waals surface area contributed by atoms with Crippen LogP contribution in [-0.2, 0) is 14.3 Å². The fraction of sp³-hybridized carbons (Fsp3) is 0.400. The number of ether oxygens (including phenoxy) is 1. The van der Waals surface area contributed by atoms with E-state index in [1.165, 1.54) is 18.2 Å². The third kappa shape index (κ3) is 6.46. The molecule has 1 rings (SSSR count). The summed E-state index contributed by atoms with van der Waals surface area (Å²) < 4.78 is 4.77. The van der Waals surface area contributed by atoms with E-state index in [0.717, 1.165) is 0 Å². The Bertz CT molecular complexity index is 605. The van der Waals surface area contributed by atoms with Gasteiger partial charge in [0.25, 0.3) is 11.8 Å². The quantitative estimate of drug-likeness (QED) is 0.727. The largest absolute Gasteiger partial charge is 0.454 e. The molecule has 6 nitrogen and oxygen atoms in total. The summed E-state index contributed by atoms with van der Waals surface area (Å²) in [7, 11) is 0. The first-order valence-electron chi connectivity index (χ1n) is 6.91. The van der Waals surface area contributed by atoms with Crippen molar-refractivity contribution in [3.63, 3.8) is 0 Å². The van der Waals surface area contributed by atoms with Crippen molar-refractivity contribution in [1.82, 2.24) is 5.32 Å². The maximum absolute atomic E-state index is 12.3. The molecule has 0 unspecified atom stereocenters. The number of rotatable bonds is 7. The molecule has 0 radical (unpaired) electrons. The Morgan fingerprint density at radius 3 is 2.43 bits per heavy atom. The Hall–Kier alpha value is -1.79. The SMILES string of the molecule is CC(C)C[C@H](NC(=O)c1ccc(Cl)cc1Cl)C(=O)OCC(N)=O. The minimum Gasteiger partial charge on any atom is -0.454 e. The Kier molecular flexibility index (Phi) is 7.32. The molecule has 0 bridgehead atoms. The van der Waals surface area contributed by atoms with Crippen molar-refractivity contribution >= 4 is 41.0 Å². The van der Waals surface area contributed by atoms with Crippen LogP contribution in [0.4, 0.5) is 0 Å². The molecule has 8 heteroatoms. The molecule has 1 atom stereocenters. The fourth-order valence-electron chi connectivity index (χ4n) is 1.84. The number of primary amides is 1. The highest BCUT2D eigenvalue weighted by Gasteiger charge is 2.25. The minimum atomic E-state index is -0.909. The van der Waals surface area contributed by atoms with Gasteiger partial charge in [-0.1, -0.05) is 37.0 Å². The average Bonchev–Trinajstić information content (AvgIpc) is 2.43. The third-order valence-corrected chi connectivity index (χ3v) is 3.38. The number of carbonyl (C=O) groups excluding carboxylic acids is 3. The number of halogens is 2. The molecule has 0 aromatic heterocycles. The van der Waals surface area contributed by atoms with Crippen LogP contribution in [-0.4, -0.2) is 30.4 Å². The Morgan fingerprint density at radius 2 is 1.91 bits per heavy atom. The summed E-state index contributed by atoms with van der Waals surface area (Å²) >= 11 is 11.8. The van der Waals surface area contributed by atoms with Crippen LogP contribution < -0.4 is 11.1 Å². The lowest BCUT2D eigenvalue weighted by Crippen LogP contribution is -2.43. The van der Waals surface area contributed by atoms with E-state index in [2.05, 4.69) is 5.32 Å². The van der Waals surface area contributed by atoms with Gasteiger partial charge in [0.2, 0.25) is 0 Å². The maximum Gasteiger partial charge on any atom is 0.329 e. The molecule has 1 aromatic rings. The molecule has 126 valence electrons. The molecule has 0 aliphatic rings. The molecule has 0 heterocycles. The van der Waals surface area contributed by atoms with Crippen LogP contribution in [0.5, 0.6) is 0 Å². The lowest BCUT2D eigenvalue weighted by atomic mass is 10.0. The zero-order valence-electron chi connectivity index (χ0n) is 12.8. The summed E-state index contributed by atoms with van der Waals surface area (Å²) in [5.74, 6) is -1.92. The van der Waals surface area contributed by atoms with Crippen molar-refractivity contribution in [2.75, 3.05) is 6.61 Å². The van der Waals surface area contributed by atoms with Gasteiger partial charge in [-0.25, -0.2) is 4.79 Å². The van der Waals surface area contributed by atoms with Gasteiger partial charge in [0.1, 0.15) is 6.04 Å². The Labute approximate surface area is 144 Å². The molecule has 2 amide bonds. The molecular weight excluding hydrogens is 343 g/mol. The van der Waals surface area contributed by atoms with Crippen molar-refractivity contribution in [3.8, 4) is 0 Å². The highest BCUT2D eigenvalue weighted by atomic mass is 35.5. The number of nitrogens with two attached hydrogens (primary N) is 1. The molecular formula is C15H18Cl2N2O4. The van der Waals surface area contributed by atoms with Crippen LogP contribution in [0.15, 0.2) is 18.2 Å². The van der Waals surface area contributed by atoms with Crippen molar-refractivity contribution in [2.45, 2.75) is 26.3 Å². The summed E-state index contributed by atoms with van der Waals surface area (Å²) in [5.41, 5.74) is 5.12. The van der Waals surface area contributed by atoms with E-state index in [-0.39, 0.29) is 16.5 Å². The lowest BCUT2D eigenvalue weighted by molar-refractivity contribution is -0.150. The highest BCUT2D eigenvalue weighted by molar-refractivity contribution is 6.36. The first-order chi connectivity index (χ1) is 10.7. The van der Waals surface area contributed by atoms with Gasteiger partial charge >= 0.3 is 5.97 Å². The van der Waals surface area contributed by atoms with E-state index in [9.17, 15) is 14.4 Å². The van der Waals surface area contributed by atoms with Gasteiger partial charge in [0.05, 0.1) is 10.6 Å². The normalized spacial score (nSPS) is 11.9. The minimum absolute atomic E-state index is 0.113. The molecule has 0 aliphatic heterocycles. The zero-order chi connectivity index (χ0) is 17.6. The van der Waals surface area contributed by atoms with E-state index >= 15 is 0 Å². The van der Waals surface area contributed by atoms with Crippen molar-refractivity contribution in [2.24, 2.45) is 11.7 Å². The second-order valence-corrected chi connectivity index (χ2v) is 6.20. The van der Waals surface area contributed by atoms with E-state index in [0.29, 0.717) is 11.4 Å². The molecule has 0 fully saturated rings. The van der Waals surface area contributed by atoms with E-state index in [4.69, 9.17) is 33.7 Å². The molecule has 0 saturated heterocycles. The predicted molar refractivity (Wildman–Crippen MR) is 87.3 cm³/mol. The number of benzene rings is 1.